The number of halogens is 3. The lowest BCUT2D eigenvalue weighted by molar-refractivity contribution is 0.0450. The summed E-state index contributed by atoms with van der Waals surface area (Å²) < 4.78 is 52.1. The van der Waals surface area contributed by atoms with Gasteiger partial charge in [0.05, 0.1) is 36.5 Å². The Morgan fingerprint density at radius 3 is 2.62 bits per heavy atom. The smallest absolute Gasteiger partial charge is 0.260 e. The maximum absolute atomic E-state index is 15.3. The summed E-state index contributed by atoms with van der Waals surface area (Å²) in [6.07, 6.45) is 4.19. The Labute approximate surface area is 225 Å². The normalized spacial score (nSPS) is 20.3. The molecule has 0 unspecified atom stereocenters. The minimum absolute atomic E-state index is 0.0156. The van der Waals surface area contributed by atoms with E-state index in [2.05, 4.69) is 15.3 Å². The molecule has 39 heavy (non-hydrogen) atoms. The molecule has 5 rings (SSSR count). The third-order valence-corrected chi connectivity index (χ3v) is 7.60. The number of hydrogen-bond acceptors (Lipinski definition) is 6. The molecule has 1 saturated carbocycles. The van der Waals surface area contributed by atoms with E-state index in [4.69, 9.17) is 4.74 Å². The molecule has 208 valence electrons. The summed E-state index contributed by atoms with van der Waals surface area (Å²) in [6.45, 7) is 4.39. The van der Waals surface area contributed by atoms with Gasteiger partial charge in [-0.1, -0.05) is 6.07 Å². The first-order valence-electron chi connectivity index (χ1n) is 13.0. The Morgan fingerprint density at radius 1 is 1.23 bits per heavy atom. The fourth-order valence-corrected chi connectivity index (χ4v) is 5.70. The van der Waals surface area contributed by atoms with Crippen LogP contribution in [0.15, 0.2) is 36.8 Å². The highest BCUT2D eigenvalue weighted by Gasteiger charge is 2.75. The van der Waals surface area contributed by atoms with Gasteiger partial charge in [0.2, 0.25) is 5.95 Å². The molecule has 1 N–H and O–H groups in total. The average Bonchev–Trinajstić information content (AvgIpc) is 3.18. The number of nitrogens with zero attached hydrogens (tertiary/aromatic N) is 5. The van der Waals surface area contributed by atoms with Crippen LogP contribution in [0.3, 0.4) is 0 Å². The Morgan fingerprint density at radius 2 is 1.97 bits per heavy atom. The summed E-state index contributed by atoms with van der Waals surface area (Å²) in [5.74, 6) is -3.26. The fraction of sp³-hybridized carbons (Fsp3) is 0.464. The molecule has 2 aromatic heterocycles. The van der Waals surface area contributed by atoms with Crippen molar-refractivity contribution >= 4 is 11.9 Å². The van der Waals surface area contributed by atoms with Crippen LogP contribution in [0.1, 0.15) is 59.1 Å². The first-order chi connectivity index (χ1) is 18.5. The van der Waals surface area contributed by atoms with Gasteiger partial charge in [-0.05, 0) is 50.7 Å². The molecule has 3 aromatic rings. The number of carbonyl (C=O) groups excluding carboxylic acids is 1. The monoisotopic (exact) mass is 542 g/mol. The van der Waals surface area contributed by atoms with Crippen molar-refractivity contribution in [1.82, 2.24) is 24.3 Å². The summed E-state index contributed by atoms with van der Waals surface area (Å²) in [4.78, 5) is 25.9. The molecule has 0 bridgehead atoms. The lowest BCUT2D eigenvalue weighted by atomic mass is 9.80. The number of rotatable bonds is 9. The van der Waals surface area contributed by atoms with Gasteiger partial charge in [0.15, 0.2) is 11.6 Å². The van der Waals surface area contributed by atoms with E-state index in [1.165, 1.54) is 11.0 Å². The number of ether oxygens (including phenoxy) is 1. The molecule has 1 aliphatic heterocycles. The van der Waals surface area contributed by atoms with Gasteiger partial charge < -0.3 is 24.4 Å². The molecule has 11 heteroatoms. The number of nitrogens with one attached hydrogen (secondary N) is 1. The maximum Gasteiger partial charge on any atom is 0.260 e. The third kappa shape index (κ3) is 4.62. The Balaban J connectivity index is 1.61. The van der Waals surface area contributed by atoms with Crippen molar-refractivity contribution < 1.29 is 22.7 Å². The second kappa shape index (κ2) is 9.86. The Kier molecular flexibility index (Phi) is 6.82. The fourth-order valence-electron chi connectivity index (χ4n) is 5.70. The van der Waals surface area contributed by atoms with E-state index in [0.29, 0.717) is 30.3 Å². The van der Waals surface area contributed by atoms with Crippen LogP contribution in [0.2, 0.25) is 0 Å². The molecule has 1 aliphatic carbocycles. The Bertz CT molecular complexity index is 1410. The van der Waals surface area contributed by atoms with E-state index >= 15 is 8.78 Å². The van der Waals surface area contributed by atoms with Gasteiger partial charge >= 0.3 is 0 Å². The summed E-state index contributed by atoms with van der Waals surface area (Å²) in [5.41, 5.74) is 1.12. The number of alkyl halides is 2. The standard InChI is InChI=1S/C28H33F3N6O2/c1-6-39-23-11-22(34-12-21(23)29)17(2)37-16-27(15-28(27,30)31)24-19(14-35(4)5)9-18(10-20(24)25(37)38)13-36-8-7-33-26(36)32-3/h7-12,17H,6,13-16H2,1-5H3,(H,32,33)/t17-,27-/m1/s1. The van der Waals surface area contributed by atoms with Crippen molar-refractivity contribution in [3.05, 3.63) is 70.6 Å². The Hall–Kier alpha value is -3.60. The molecule has 1 aromatic carbocycles. The number of amides is 1. The first-order valence-corrected chi connectivity index (χ1v) is 13.0. The van der Waals surface area contributed by atoms with E-state index in [1.807, 2.05) is 35.8 Å². The molecule has 8 nitrogen and oxygen atoms in total. The zero-order chi connectivity index (χ0) is 28.1. The van der Waals surface area contributed by atoms with Crippen molar-refractivity contribution in [3.8, 4) is 5.75 Å². The van der Waals surface area contributed by atoms with Crippen molar-refractivity contribution in [1.29, 1.82) is 0 Å². The maximum atomic E-state index is 15.3. The number of anilines is 1. The van der Waals surface area contributed by atoms with Gasteiger partial charge in [-0.15, -0.1) is 0 Å². The number of carbonyl (C=O) groups is 1. The van der Waals surface area contributed by atoms with E-state index in [0.717, 1.165) is 17.3 Å². The van der Waals surface area contributed by atoms with Gasteiger partial charge in [-0.3, -0.25) is 9.78 Å². The molecule has 1 fully saturated rings. The van der Waals surface area contributed by atoms with Crippen LogP contribution in [-0.4, -0.2) is 70.5 Å². The highest BCUT2D eigenvalue weighted by molar-refractivity contribution is 5.99. The van der Waals surface area contributed by atoms with Crippen molar-refractivity contribution in [3.63, 3.8) is 0 Å². The van der Waals surface area contributed by atoms with Crippen molar-refractivity contribution in [2.45, 2.75) is 50.7 Å². The second-order valence-corrected chi connectivity index (χ2v) is 10.6. The zero-order valence-corrected chi connectivity index (χ0v) is 22.8. The van der Waals surface area contributed by atoms with Crippen molar-refractivity contribution in [2.75, 3.05) is 39.6 Å². The van der Waals surface area contributed by atoms with Crippen LogP contribution in [0.4, 0.5) is 19.1 Å². The number of fused-ring (bicyclic) bond motifs is 2. The van der Waals surface area contributed by atoms with E-state index in [-0.39, 0.29) is 36.8 Å². The van der Waals surface area contributed by atoms with Gasteiger partial charge in [0.25, 0.3) is 11.8 Å². The summed E-state index contributed by atoms with van der Waals surface area (Å²) in [7, 11) is 5.52. The third-order valence-electron chi connectivity index (χ3n) is 7.60. The van der Waals surface area contributed by atoms with E-state index in [1.54, 1.807) is 33.2 Å². The largest absolute Gasteiger partial charge is 0.491 e. The van der Waals surface area contributed by atoms with Gasteiger partial charge in [0.1, 0.15) is 0 Å². The summed E-state index contributed by atoms with van der Waals surface area (Å²) in [5, 5.41) is 3.03. The van der Waals surface area contributed by atoms with E-state index in [9.17, 15) is 9.18 Å². The highest BCUT2D eigenvalue weighted by atomic mass is 19.3. The number of benzene rings is 1. The van der Waals surface area contributed by atoms with Crippen LogP contribution in [0.25, 0.3) is 0 Å². The van der Waals surface area contributed by atoms with Gasteiger partial charge in [-0.2, -0.15) is 0 Å². The zero-order valence-electron chi connectivity index (χ0n) is 22.8. The average molecular weight is 543 g/mol. The SMILES string of the molecule is CCOc1cc([C@@H](C)N2C[C@]3(CC3(F)F)c3c(CN(C)C)cc(Cn4ccnc4NC)cc3C2=O)ncc1F. The summed E-state index contributed by atoms with van der Waals surface area (Å²) in [6, 6.07) is 4.42. The number of pyridine rings is 1. The van der Waals surface area contributed by atoms with Crippen LogP contribution in [-0.2, 0) is 18.5 Å². The lowest BCUT2D eigenvalue weighted by Gasteiger charge is -2.40. The van der Waals surface area contributed by atoms with Crippen LogP contribution in [0, 0.1) is 5.82 Å². The number of hydrogen-bond donors (Lipinski definition) is 1. The molecule has 3 heterocycles. The van der Waals surface area contributed by atoms with E-state index < -0.39 is 23.2 Å². The summed E-state index contributed by atoms with van der Waals surface area (Å²) >= 11 is 0. The van der Waals surface area contributed by atoms with Crippen molar-refractivity contribution in [2.24, 2.45) is 0 Å². The predicted octanol–water partition coefficient (Wildman–Crippen LogP) is 4.46. The quantitative estimate of drug-likeness (QED) is 0.430. The molecule has 0 radical (unpaired) electrons. The highest BCUT2D eigenvalue weighted by Crippen LogP contribution is 2.65. The first kappa shape index (κ1) is 27.0. The molecular formula is C28H33F3N6O2. The predicted molar refractivity (Wildman–Crippen MR) is 141 cm³/mol. The lowest BCUT2D eigenvalue weighted by Crippen LogP contribution is -2.47. The minimum Gasteiger partial charge on any atom is -0.491 e. The number of imidazole rings is 1. The molecule has 0 saturated heterocycles. The van der Waals surface area contributed by atoms with Crippen LogP contribution >= 0.6 is 0 Å². The molecule has 1 spiro atoms. The van der Waals surface area contributed by atoms with Crippen LogP contribution in [0.5, 0.6) is 5.75 Å². The number of aromatic nitrogens is 3. The topological polar surface area (TPSA) is 75.5 Å². The molecule has 2 atom stereocenters. The molecular weight excluding hydrogens is 509 g/mol. The van der Waals surface area contributed by atoms with Gasteiger partial charge in [0, 0.05) is 50.6 Å². The molecule has 2 aliphatic rings. The molecule has 1 amide bonds. The van der Waals surface area contributed by atoms with Crippen LogP contribution < -0.4 is 10.1 Å². The second-order valence-electron chi connectivity index (χ2n) is 10.6. The minimum atomic E-state index is -2.96. The van der Waals surface area contributed by atoms with Gasteiger partial charge in [-0.25, -0.2) is 18.2 Å².